The maximum Gasteiger partial charge on any atom is 0.230 e. The van der Waals surface area contributed by atoms with Gasteiger partial charge in [-0.25, -0.2) is 0 Å². The lowest BCUT2D eigenvalue weighted by Crippen LogP contribution is -2.58. The van der Waals surface area contributed by atoms with Crippen molar-refractivity contribution < 1.29 is 24.5 Å². The highest BCUT2D eigenvalue weighted by atomic mass is 16.5. The van der Waals surface area contributed by atoms with E-state index in [1.165, 1.54) is 0 Å². The van der Waals surface area contributed by atoms with Gasteiger partial charge in [0.1, 0.15) is 0 Å². The first-order valence-electron chi connectivity index (χ1n) is 9.05. The van der Waals surface area contributed by atoms with Crippen molar-refractivity contribution in [2.45, 2.75) is 37.0 Å². The molecule has 1 aliphatic carbocycles. The maximum absolute atomic E-state index is 13.1. The van der Waals surface area contributed by atoms with Gasteiger partial charge in [-0.1, -0.05) is 6.08 Å². The molecule has 2 heterocycles. The van der Waals surface area contributed by atoms with Crippen LogP contribution in [0.4, 0.5) is 0 Å². The van der Waals surface area contributed by atoms with E-state index in [1.54, 1.807) is 20.3 Å². The molecular formula is C20H25NO5. The number of hydrogen-bond donors (Lipinski definition) is 2. The minimum absolute atomic E-state index is 0.0152. The third-order valence-electron chi connectivity index (χ3n) is 6.49. The molecule has 0 radical (unpaired) electrons. The first-order valence-corrected chi connectivity index (χ1v) is 9.05. The van der Waals surface area contributed by atoms with E-state index in [1.807, 2.05) is 17.0 Å². The van der Waals surface area contributed by atoms with Crippen LogP contribution in [0.1, 0.15) is 24.0 Å². The molecule has 26 heavy (non-hydrogen) atoms. The molecule has 4 rings (SSSR count). The molecule has 5 atom stereocenters. The molecule has 1 aromatic rings. The zero-order chi connectivity index (χ0) is 18.6. The van der Waals surface area contributed by atoms with Crippen molar-refractivity contribution in [3.05, 3.63) is 35.9 Å². The zero-order valence-electron chi connectivity index (χ0n) is 15.1. The highest BCUT2D eigenvalue weighted by Crippen LogP contribution is 2.58. The van der Waals surface area contributed by atoms with Crippen LogP contribution in [0.15, 0.2) is 24.8 Å². The van der Waals surface area contributed by atoms with Crippen molar-refractivity contribution >= 4 is 5.91 Å². The fraction of sp³-hybridized carbons (Fsp3) is 0.550. The van der Waals surface area contributed by atoms with Crippen LogP contribution in [-0.4, -0.2) is 54.0 Å². The van der Waals surface area contributed by atoms with E-state index in [0.717, 1.165) is 17.5 Å². The van der Waals surface area contributed by atoms with E-state index in [9.17, 15) is 15.0 Å². The molecule has 1 amide bonds. The van der Waals surface area contributed by atoms with Gasteiger partial charge in [0.2, 0.25) is 5.91 Å². The number of aliphatic hydroxyl groups is 2. The summed E-state index contributed by atoms with van der Waals surface area (Å²) in [4.78, 5) is 15.0. The number of amides is 1. The Kier molecular flexibility index (Phi) is 4.00. The standard InChI is InChI=1S/C20H25NO5/c1-4-12-17-18(23)14(22)5-7-20(17)13-10-16(26-3)15(25-2)9-11(13)6-8-21(20)19(12)24/h4,9-10,12,14,17-18,22-23H,1,5-8H2,2-3H3/t12-,14-,17-,18-,20-/m1/s1. The molecule has 140 valence electrons. The fourth-order valence-electron chi connectivity index (χ4n) is 5.36. The average Bonchev–Trinajstić information content (AvgIpc) is 2.92. The number of fused-ring (bicyclic) bond motifs is 1. The summed E-state index contributed by atoms with van der Waals surface area (Å²) < 4.78 is 10.9. The second-order valence-corrected chi connectivity index (χ2v) is 7.41. The molecule has 1 saturated carbocycles. The Morgan fingerprint density at radius 3 is 2.62 bits per heavy atom. The molecule has 0 unspecified atom stereocenters. The summed E-state index contributed by atoms with van der Waals surface area (Å²) in [7, 11) is 3.19. The minimum Gasteiger partial charge on any atom is -0.493 e. The predicted molar refractivity (Wildman–Crippen MR) is 95.1 cm³/mol. The summed E-state index contributed by atoms with van der Waals surface area (Å²) in [5.74, 6) is 0.330. The highest BCUT2D eigenvalue weighted by molar-refractivity contribution is 5.86. The van der Waals surface area contributed by atoms with Crippen LogP contribution >= 0.6 is 0 Å². The monoisotopic (exact) mass is 359 g/mol. The lowest BCUT2D eigenvalue weighted by molar-refractivity contribution is -0.136. The molecule has 2 aliphatic heterocycles. The third-order valence-corrected chi connectivity index (χ3v) is 6.49. The first-order chi connectivity index (χ1) is 12.5. The summed E-state index contributed by atoms with van der Waals surface area (Å²) in [6.45, 7) is 4.42. The SMILES string of the molecule is C=C[C@H]1C(=O)N2CCc3cc(OC)c(OC)cc3[C@@]23CC[C@@H](O)[C@@H](O)[C@@H]13. The van der Waals surface area contributed by atoms with Crippen LogP contribution in [0.25, 0.3) is 0 Å². The number of carbonyl (C=O) groups is 1. The molecule has 2 N–H and O–H groups in total. The Morgan fingerprint density at radius 1 is 1.27 bits per heavy atom. The number of ether oxygens (including phenoxy) is 2. The largest absolute Gasteiger partial charge is 0.493 e. The maximum atomic E-state index is 13.1. The van der Waals surface area contributed by atoms with Crippen LogP contribution in [0.3, 0.4) is 0 Å². The molecule has 1 aromatic carbocycles. The van der Waals surface area contributed by atoms with Gasteiger partial charge < -0.3 is 24.6 Å². The Labute approximate surface area is 153 Å². The molecule has 1 spiro atoms. The Balaban J connectivity index is 1.96. The number of methoxy groups -OCH3 is 2. The van der Waals surface area contributed by atoms with E-state index in [-0.39, 0.29) is 5.91 Å². The summed E-state index contributed by atoms with van der Waals surface area (Å²) >= 11 is 0. The fourth-order valence-corrected chi connectivity index (χ4v) is 5.36. The second kappa shape index (κ2) is 5.99. The summed E-state index contributed by atoms with van der Waals surface area (Å²) in [5, 5.41) is 21.1. The molecule has 6 nitrogen and oxygen atoms in total. The van der Waals surface area contributed by atoms with E-state index >= 15 is 0 Å². The number of aliphatic hydroxyl groups excluding tert-OH is 2. The van der Waals surface area contributed by atoms with Crippen LogP contribution < -0.4 is 9.47 Å². The van der Waals surface area contributed by atoms with E-state index in [4.69, 9.17) is 9.47 Å². The number of benzene rings is 1. The molecule has 3 aliphatic rings. The first kappa shape index (κ1) is 17.4. The number of carbonyl (C=O) groups excluding carboxylic acids is 1. The third kappa shape index (κ3) is 2.03. The van der Waals surface area contributed by atoms with Crippen molar-refractivity contribution in [3.8, 4) is 11.5 Å². The summed E-state index contributed by atoms with van der Waals surface area (Å²) in [6, 6.07) is 3.91. The van der Waals surface area contributed by atoms with Crippen molar-refractivity contribution in [1.29, 1.82) is 0 Å². The number of nitrogens with zero attached hydrogens (tertiary/aromatic N) is 1. The van der Waals surface area contributed by atoms with Gasteiger partial charge >= 0.3 is 0 Å². The van der Waals surface area contributed by atoms with Gasteiger partial charge in [-0.2, -0.15) is 0 Å². The topological polar surface area (TPSA) is 79.2 Å². The minimum atomic E-state index is -0.972. The second-order valence-electron chi connectivity index (χ2n) is 7.41. The highest BCUT2D eigenvalue weighted by Gasteiger charge is 2.64. The van der Waals surface area contributed by atoms with Crippen LogP contribution in [0, 0.1) is 11.8 Å². The van der Waals surface area contributed by atoms with Crippen LogP contribution in [0.2, 0.25) is 0 Å². The average molecular weight is 359 g/mol. The smallest absolute Gasteiger partial charge is 0.230 e. The normalized spacial score (nSPS) is 35.4. The molecule has 6 heteroatoms. The molecule has 0 bridgehead atoms. The summed E-state index contributed by atoms with van der Waals surface area (Å²) in [5.41, 5.74) is 1.46. The lowest BCUT2D eigenvalue weighted by atomic mass is 9.62. The molecular weight excluding hydrogens is 334 g/mol. The molecule has 1 saturated heterocycles. The summed E-state index contributed by atoms with van der Waals surface area (Å²) in [6.07, 6.45) is 1.59. The van der Waals surface area contributed by atoms with E-state index in [2.05, 4.69) is 6.58 Å². The van der Waals surface area contributed by atoms with Crippen molar-refractivity contribution in [1.82, 2.24) is 4.90 Å². The van der Waals surface area contributed by atoms with Gasteiger partial charge in [-0.3, -0.25) is 4.79 Å². The van der Waals surface area contributed by atoms with E-state index < -0.39 is 29.6 Å². The van der Waals surface area contributed by atoms with Crippen LogP contribution in [-0.2, 0) is 16.8 Å². The van der Waals surface area contributed by atoms with Gasteiger partial charge in [0, 0.05) is 12.5 Å². The number of hydrogen-bond acceptors (Lipinski definition) is 5. The quantitative estimate of drug-likeness (QED) is 0.794. The number of rotatable bonds is 3. The predicted octanol–water partition coefficient (Wildman–Crippen LogP) is 1.23. The van der Waals surface area contributed by atoms with E-state index in [0.29, 0.717) is 30.9 Å². The molecule has 0 aromatic heterocycles. The van der Waals surface area contributed by atoms with Crippen molar-refractivity contribution in [2.75, 3.05) is 20.8 Å². The molecule has 2 fully saturated rings. The zero-order valence-corrected chi connectivity index (χ0v) is 15.1. The lowest BCUT2D eigenvalue weighted by Gasteiger charge is -2.52. The van der Waals surface area contributed by atoms with Gasteiger partial charge in [-0.15, -0.1) is 6.58 Å². The van der Waals surface area contributed by atoms with Crippen molar-refractivity contribution in [3.63, 3.8) is 0 Å². The Hall–Kier alpha value is -2.05. The van der Waals surface area contributed by atoms with Gasteiger partial charge in [0.05, 0.1) is 37.9 Å². The Bertz CT molecular complexity index is 763. The Morgan fingerprint density at radius 2 is 1.96 bits per heavy atom. The van der Waals surface area contributed by atoms with Gasteiger partial charge in [0.25, 0.3) is 0 Å². The van der Waals surface area contributed by atoms with Crippen LogP contribution in [0.5, 0.6) is 11.5 Å². The van der Waals surface area contributed by atoms with Gasteiger partial charge in [-0.05, 0) is 42.5 Å². The van der Waals surface area contributed by atoms with Crippen molar-refractivity contribution in [2.24, 2.45) is 11.8 Å². The van der Waals surface area contributed by atoms with Gasteiger partial charge in [0.15, 0.2) is 11.5 Å².